The molecule has 0 spiro atoms. The molecule has 0 amide bonds. The largest absolute Gasteiger partial charge is 0.314 e. The fourth-order valence-corrected chi connectivity index (χ4v) is 1.96. The van der Waals surface area contributed by atoms with Crippen LogP contribution in [0.15, 0.2) is 0 Å². The Hall–Kier alpha value is -0.150. The van der Waals surface area contributed by atoms with Gasteiger partial charge in [0, 0.05) is 19.1 Å². The number of halogens is 1. The molecule has 1 aliphatic heterocycles. The fraction of sp³-hybridized carbons (Fsp3) is 1.00. The fourth-order valence-electron chi connectivity index (χ4n) is 1.96. The van der Waals surface area contributed by atoms with E-state index < -0.39 is 0 Å². The molecule has 0 aromatic carbocycles. The van der Waals surface area contributed by atoms with Crippen molar-refractivity contribution in [3.05, 3.63) is 0 Å². The Kier molecular flexibility index (Phi) is 5.41. The smallest absolute Gasteiger partial charge is 0.0906 e. The Morgan fingerprint density at radius 1 is 1.43 bits per heavy atom. The minimum absolute atomic E-state index is 0.182. The lowest BCUT2D eigenvalue weighted by atomic mass is 10.1. The van der Waals surface area contributed by atoms with Gasteiger partial charge in [0.1, 0.15) is 0 Å². The summed E-state index contributed by atoms with van der Waals surface area (Å²) >= 11 is 0. The summed E-state index contributed by atoms with van der Waals surface area (Å²) < 4.78 is 12.1. The van der Waals surface area contributed by atoms with Crippen molar-refractivity contribution in [3.63, 3.8) is 0 Å². The highest BCUT2D eigenvalue weighted by molar-refractivity contribution is 4.73. The molecule has 2 nitrogen and oxygen atoms in total. The lowest BCUT2D eigenvalue weighted by Gasteiger charge is -2.30. The first-order chi connectivity index (χ1) is 6.72. The van der Waals surface area contributed by atoms with Gasteiger partial charge in [0.2, 0.25) is 0 Å². The van der Waals surface area contributed by atoms with E-state index in [0.717, 1.165) is 26.2 Å². The standard InChI is InChI=1S/C11H23FN2/c1-10-8-13-11(2)4-7-14(9-10)6-3-5-12/h10-11,13H,3-9H2,1-2H3. The Morgan fingerprint density at radius 2 is 2.21 bits per heavy atom. The van der Waals surface area contributed by atoms with Gasteiger partial charge in [0.15, 0.2) is 0 Å². The van der Waals surface area contributed by atoms with Crippen molar-refractivity contribution in [2.45, 2.75) is 32.7 Å². The highest BCUT2D eigenvalue weighted by atomic mass is 19.1. The maximum atomic E-state index is 12.1. The molecule has 0 saturated carbocycles. The normalized spacial score (nSPS) is 31.1. The van der Waals surface area contributed by atoms with Crippen LogP contribution in [0.4, 0.5) is 4.39 Å². The Bertz CT molecular complexity index is 152. The number of hydrogen-bond donors (Lipinski definition) is 1. The molecule has 0 radical (unpaired) electrons. The molecule has 2 atom stereocenters. The van der Waals surface area contributed by atoms with E-state index in [1.807, 2.05) is 0 Å². The molecule has 84 valence electrons. The van der Waals surface area contributed by atoms with E-state index >= 15 is 0 Å². The average molecular weight is 202 g/mol. The third-order valence-corrected chi connectivity index (χ3v) is 2.87. The second-order valence-electron chi connectivity index (χ2n) is 4.55. The number of nitrogens with zero attached hydrogens (tertiary/aromatic N) is 1. The van der Waals surface area contributed by atoms with Crippen LogP contribution in [-0.2, 0) is 0 Å². The lowest BCUT2D eigenvalue weighted by Crippen LogP contribution is -2.42. The molecule has 0 bridgehead atoms. The van der Waals surface area contributed by atoms with Crippen molar-refractivity contribution in [1.29, 1.82) is 0 Å². The summed E-state index contributed by atoms with van der Waals surface area (Å²) in [5, 5.41) is 3.51. The van der Waals surface area contributed by atoms with Gasteiger partial charge >= 0.3 is 0 Å². The highest BCUT2D eigenvalue weighted by Gasteiger charge is 2.15. The van der Waals surface area contributed by atoms with E-state index in [0.29, 0.717) is 18.4 Å². The van der Waals surface area contributed by atoms with Crippen molar-refractivity contribution < 1.29 is 4.39 Å². The first kappa shape index (κ1) is 11.9. The van der Waals surface area contributed by atoms with E-state index in [-0.39, 0.29) is 6.67 Å². The molecule has 0 aromatic heterocycles. The molecular formula is C11H23FN2. The van der Waals surface area contributed by atoms with Gasteiger partial charge in [0.05, 0.1) is 6.67 Å². The number of alkyl halides is 1. The zero-order valence-electron chi connectivity index (χ0n) is 9.43. The third-order valence-electron chi connectivity index (χ3n) is 2.87. The SMILES string of the molecule is CC1CNC(C)CCN(CCCF)C1. The molecule has 1 saturated heterocycles. The second kappa shape index (κ2) is 6.36. The summed E-state index contributed by atoms with van der Waals surface area (Å²) in [7, 11) is 0. The topological polar surface area (TPSA) is 15.3 Å². The molecule has 2 unspecified atom stereocenters. The molecule has 0 aromatic rings. The van der Waals surface area contributed by atoms with Gasteiger partial charge < -0.3 is 10.2 Å². The van der Waals surface area contributed by atoms with Crippen LogP contribution >= 0.6 is 0 Å². The molecule has 3 heteroatoms. The summed E-state index contributed by atoms with van der Waals surface area (Å²) in [5.41, 5.74) is 0. The van der Waals surface area contributed by atoms with Crippen molar-refractivity contribution in [2.24, 2.45) is 5.92 Å². The lowest BCUT2D eigenvalue weighted by molar-refractivity contribution is 0.195. The minimum Gasteiger partial charge on any atom is -0.314 e. The van der Waals surface area contributed by atoms with Crippen LogP contribution in [0.25, 0.3) is 0 Å². The van der Waals surface area contributed by atoms with Gasteiger partial charge in [-0.1, -0.05) is 6.92 Å². The molecule has 0 aliphatic carbocycles. The van der Waals surface area contributed by atoms with Crippen molar-refractivity contribution in [3.8, 4) is 0 Å². The molecule has 1 rings (SSSR count). The van der Waals surface area contributed by atoms with Crippen LogP contribution in [-0.4, -0.2) is 43.8 Å². The Balaban J connectivity index is 2.32. The third kappa shape index (κ3) is 4.38. The Labute approximate surface area is 86.9 Å². The molecule has 1 fully saturated rings. The van der Waals surface area contributed by atoms with Crippen LogP contribution in [0, 0.1) is 5.92 Å². The second-order valence-corrected chi connectivity index (χ2v) is 4.55. The summed E-state index contributed by atoms with van der Waals surface area (Å²) in [6.07, 6.45) is 1.87. The van der Waals surface area contributed by atoms with E-state index in [1.165, 1.54) is 6.42 Å². The maximum Gasteiger partial charge on any atom is 0.0906 e. The number of rotatable bonds is 3. The predicted molar refractivity (Wildman–Crippen MR) is 58.3 cm³/mol. The Morgan fingerprint density at radius 3 is 2.93 bits per heavy atom. The predicted octanol–water partition coefficient (Wildman–Crippen LogP) is 1.67. The first-order valence-electron chi connectivity index (χ1n) is 5.74. The van der Waals surface area contributed by atoms with Gasteiger partial charge in [-0.2, -0.15) is 0 Å². The monoisotopic (exact) mass is 202 g/mol. The zero-order chi connectivity index (χ0) is 10.4. The van der Waals surface area contributed by atoms with Crippen LogP contribution < -0.4 is 5.32 Å². The molecule has 1 N–H and O–H groups in total. The van der Waals surface area contributed by atoms with Gasteiger partial charge in [-0.25, -0.2) is 0 Å². The number of nitrogens with one attached hydrogen (secondary N) is 1. The number of hydrogen-bond acceptors (Lipinski definition) is 2. The molecule has 1 heterocycles. The molecular weight excluding hydrogens is 179 g/mol. The van der Waals surface area contributed by atoms with Crippen LogP contribution in [0.1, 0.15) is 26.7 Å². The van der Waals surface area contributed by atoms with E-state index in [4.69, 9.17) is 0 Å². The summed E-state index contributed by atoms with van der Waals surface area (Å²) in [5.74, 6) is 0.678. The van der Waals surface area contributed by atoms with Gasteiger partial charge in [-0.15, -0.1) is 0 Å². The van der Waals surface area contributed by atoms with E-state index in [1.54, 1.807) is 0 Å². The van der Waals surface area contributed by atoms with Gasteiger partial charge in [-0.05, 0) is 38.8 Å². The average Bonchev–Trinajstić information content (AvgIpc) is 2.16. The summed E-state index contributed by atoms with van der Waals surface area (Å²) in [6.45, 7) is 8.54. The van der Waals surface area contributed by atoms with E-state index in [2.05, 4.69) is 24.1 Å². The van der Waals surface area contributed by atoms with Gasteiger partial charge in [-0.3, -0.25) is 4.39 Å². The van der Waals surface area contributed by atoms with E-state index in [9.17, 15) is 4.39 Å². The van der Waals surface area contributed by atoms with Crippen LogP contribution in [0.2, 0.25) is 0 Å². The quantitative estimate of drug-likeness (QED) is 0.749. The molecule has 1 aliphatic rings. The summed E-state index contributed by atoms with van der Waals surface area (Å²) in [6, 6.07) is 0.602. The minimum atomic E-state index is -0.182. The molecule has 14 heavy (non-hydrogen) atoms. The maximum absolute atomic E-state index is 12.1. The van der Waals surface area contributed by atoms with Crippen LogP contribution in [0.5, 0.6) is 0 Å². The zero-order valence-corrected chi connectivity index (χ0v) is 9.43. The van der Waals surface area contributed by atoms with Crippen molar-refractivity contribution in [1.82, 2.24) is 10.2 Å². The van der Waals surface area contributed by atoms with Gasteiger partial charge in [0.25, 0.3) is 0 Å². The summed E-state index contributed by atoms with van der Waals surface area (Å²) in [4.78, 5) is 2.40. The van der Waals surface area contributed by atoms with Crippen LogP contribution in [0.3, 0.4) is 0 Å². The van der Waals surface area contributed by atoms with Crippen molar-refractivity contribution in [2.75, 3.05) is 32.9 Å². The highest BCUT2D eigenvalue weighted by Crippen LogP contribution is 2.07. The van der Waals surface area contributed by atoms with Crippen molar-refractivity contribution >= 4 is 0 Å². The first-order valence-corrected chi connectivity index (χ1v) is 5.74.